The van der Waals surface area contributed by atoms with Gasteiger partial charge in [-0.05, 0) is 43.9 Å². The van der Waals surface area contributed by atoms with Gasteiger partial charge in [-0.3, -0.25) is 19.2 Å². The molecule has 0 amide bonds. The fraction of sp³-hybridized carbons (Fsp3) is 0.778. The Kier molecular flexibility index (Phi) is 30.2. The number of carbonyl (C=O) groups excluding carboxylic acids is 4. The van der Waals surface area contributed by atoms with E-state index in [1.54, 1.807) is 0 Å². The van der Waals surface area contributed by atoms with Crippen LogP contribution in [-0.4, -0.2) is 23.6 Å². The number of carbonyl (C=O) groups is 4. The van der Waals surface area contributed by atoms with Crippen LogP contribution in [0, 0.1) is 0 Å². The number of rotatable bonds is 32. The van der Waals surface area contributed by atoms with Crippen LogP contribution in [0.3, 0.4) is 0 Å². The van der Waals surface area contributed by atoms with Crippen LogP contribution in [0.25, 0.3) is 0 Å². The van der Waals surface area contributed by atoms with Crippen molar-refractivity contribution in [3.8, 4) is 0 Å². The Hall–Kier alpha value is -1.84. The Labute approximate surface area is 247 Å². The summed E-state index contributed by atoms with van der Waals surface area (Å²) in [6.45, 7) is 2.27. The molecule has 0 rings (SSSR count). The summed E-state index contributed by atoms with van der Waals surface area (Å²) in [6, 6.07) is 0. The zero-order valence-corrected chi connectivity index (χ0v) is 26.1. The van der Waals surface area contributed by atoms with Gasteiger partial charge in [-0.25, -0.2) is 0 Å². The first-order valence-electron chi connectivity index (χ1n) is 17.0. The molecular formula is C36H62O4. The fourth-order valence-corrected chi connectivity index (χ4v) is 5.07. The zero-order chi connectivity index (χ0) is 29.4. The molecule has 0 saturated carbocycles. The van der Waals surface area contributed by atoms with E-state index >= 15 is 0 Å². The molecule has 0 bridgehead atoms. The van der Waals surface area contributed by atoms with Crippen molar-refractivity contribution in [1.82, 2.24) is 0 Å². The average Bonchev–Trinajstić information content (AvgIpc) is 2.96. The lowest BCUT2D eigenvalue weighted by Crippen LogP contribution is -1.97. The van der Waals surface area contributed by atoms with Gasteiger partial charge < -0.3 is 0 Å². The van der Waals surface area contributed by atoms with Crippen LogP contribution >= 0.6 is 0 Å². The molecule has 0 spiro atoms. The molecule has 230 valence electrons. The van der Waals surface area contributed by atoms with Crippen LogP contribution in [0.15, 0.2) is 24.3 Å². The minimum atomic E-state index is -0.661. The van der Waals surface area contributed by atoms with Gasteiger partial charge >= 0.3 is 0 Å². The summed E-state index contributed by atoms with van der Waals surface area (Å²) in [5, 5.41) is 0. The van der Waals surface area contributed by atoms with Gasteiger partial charge in [0, 0.05) is 12.8 Å². The Bertz CT molecular complexity index is 676. The van der Waals surface area contributed by atoms with E-state index in [2.05, 4.69) is 13.0 Å². The van der Waals surface area contributed by atoms with Crippen molar-refractivity contribution in [2.75, 3.05) is 0 Å². The fourth-order valence-electron chi connectivity index (χ4n) is 5.07. The van der Waals surface area contributed by atoms with Gasteiger partial charge in [0.15, 0.2) is 17.9 Å². The summed E-state index contributed by atoms with van der Waals surface area (Å²) in [6.07, 6.45) is 39.1. The highest BCUT2D eigenvalue weighted by Crippen LogP contribution is 2.14. The molecule has 0 atom stereocenters. The molecule has 0 radical (unpaired) electrons. The van der Waals surface area contributed by atoms with Gasteiger partial charge in [-0.2, -0.15) is 0 Å². The standard InChI is InChI=1S/C36H62O4/c1-2-3-4-5-6-7-8-9-10-13-16-19-22-25-28-34(38)29-26-23-20-17-14-11-12-15-18-21-24-27-30-35(39)31-32-36(40)33-37/h25,28,31-33H,2-24,26-27,29-30H2,1H3. The highest BCUT2D eigenvalue weighted by molar-refractivity contribution is 6.31. The number of ketones is 3. The molecule has 4 heteroatoms. The number of unbranched alkanes of at least 4 members (excludes halogenated alkanes) is 23. The molecule has 0 aromatic heterocycles. The predicted octanol–water partition coefficient (Wildman–Crippen LogP) is 10.6. The summed E-state index contributed by atoms with van der Waals surface area (Å²) < 4.78 is 0. The second-order valence-corrected chi connectivity index (χ2v) is 11.6. The summed E-state index contributed by atoms with van der Waals surface area (Å²) in [4.78, 5) is 44.6. The number of aldehydes is 1. The van der Waals surface area contributed by atoms with Crippen LogP contribution < -0.4 is 0 Å². The largest absolute Gasteiger partial charge is 0.295 e. The lowest BCUT2D eigenvalue weighted by atomic mass is 10.0. The van der Waals surface area contributed by atoms with Crippen LogP contribution in [-0.2, 0) is 19.2 Å². The van der Waals surface area contributed by atoms with Crippen LogP contribution in [0.2, 0.25) is 0 Å². The van der Waals surface area contributed by atoms with Crippen molar-refractivity contribution in [2.24, 2.45) is 0 Å². The summed E-state index contributed by atoms with van der Waals surface area (Å²) in [5.41, 5.74) is 0. The van der Waals surface area contributed by atoms with E-state index in [1.807, 2.05) is 6.08 Å². The van der Waals surface area contributed by atoms with Crippen LogP contribution in [0.4, 0.5) is 0 Å². The predicted molar refractivity (Wildman–Crippen MR) is 170 cm³/mol. The summed E-state index contributed by atoms with van der Waals surface area (Å²) in [5.74, 6) is -0.444. The number of hydrogen-bond acceptors (Lipinski definition) is 4. The van der Waals surface area contributed by atoms with E-state index in [9.17, 15) is 19.2 Å². The van der Waals surface area contributed by atoms with Gasteiger partial charge in [-0.1, -0.05) is 148 Å². The molecule has 4 nitrogen and oxygen atoms in total. The molecule has 0 aliphatic heterocycles. The lowest BCUT2D eigenvalue weighted by molar-refractivity contribution is -0.126. The molecule has 0 fully saturated rings. The Morgan fingerprint density at radius 3 is 1.18 bits per heavy atom. The number of hydrogen-bond donors (Lipinski definition) is 0. The van der Waals surface area contributed by atoms with E-state index in [-0.39, 0.29) is 12.1 Å². The molecule has 0 aliphatic rings. The minimum absolute atomic E-state index is 0.0824. The first-order valence-corrected chi connectivity index (χ1v) is 17.0. The zero-order valence-electron chi connectivity index (χ0n) is 26.1. The third-order valence-corrected chi connectivity index (χ3v) is 7.67. The minimum Gasteiger partial charge on any atom is -0.295 e. The first-order chi connectivity index (χ1) is 19.6. The van der Waals surface area contributed by atoms with Crippen molar-refractivity contribution >= 4 is 23.6 Å². The van der Waals surface area contributed by atoms with Crippen molar-refractivity contribution in [3.63, 3.8) is 0 Å². The molecule has 0 aliphatic carbocycles. The molecule has 0 saturated heterocycles. The van der Waals surface area contributed by atoms with E-state index in [0.29, 0.717) is 18.6 Å². The molecular weight excluding hydrogens is 496 g/mol. The van der Waals surface area contributed by atoms with Crippen molar-refractivity contribution in [3.05, 3.63) is 24.3 Å². The molecule has 0 N–H and O–H groups in total. The average molecular weight is 559 g/mol. The van der Waals surface area contributed by atoms with Gasteiger partial charge in [0.05, 0.1) is 0 Å². The summed E-state index contributed by atoms with van der Waals surface area (Å²) >= 11 is 0. The second kappa shape index (κ2) is 31.7. The van der Waals surface area contributed by atoms with E-state index in [1.165, 1.54) is 128 Å². The topological polar surface area (TPSA) is 68.3 Å². The number of allylic oxidation sites excluding steroid dienone is 4. The maximum Gasteiger partial charge on any atom is 0.218 e. The molecule has 0 aromatic rings. The van der Waals surface area contributed by atoms with Crippen LogP contribution in [0.1, 0.15) is 180 Å². The molecule has 0 aromatic carbocycles. The third kappa shape index (κ3) is 30.7. The summed E-state index contributed by atoms with van der Waals surface area (Å²) in [7, 11) is 0. The smallest absolute Gasteiger partial charge is 0.218 e. The molecule has 0 heterocycles. The maximum atomic E-state index is 12.0. The van der Waals surface area contributed by atoms with Gasteiger partial charge in [-0.15, -0.1) is 0 Å². The Morgan fingerprint density at radius 2 is 0.775 bits per heavy atom. The highest BCUT2D eigenvalue weighted by Gasteiger charge is 2.00. The normalized spacial score (nSPS) is 11.5. The Balaban J connectivity index is 3.31. The maximum absolute atomic E-state index is 12.0. The molecule has 40 heavy (non-hydrogen) atoms. The second-order valence-electron chi connectivity index (χ2n) is 11.6. The van der Waals surface area contributed by atoms with Crippen LogP contribution in [0.5, 0.6) is 0 Å². The van der Waals surface area contributed by atoms with E-state index in [4.69, 9.17) is 0 Å². The first kappa shape index (κ1) is 38.2. The van der Waals surface area contributed by atoms with Gasteiger partial charge in [0.25, 0.3) is 0 Å². The van der Waals surface area contributed by atoms with E-state index in [0.717, 1.165) is 44.6 Å². The SMILES string of the molecule is CCCCCCCCCCCCCCC=CC(=O)CCCCCCCCCCCCCCC(=O)C=CC(=O)C=O. The van der Waals surface area contributed by atoms with E-state index < -0.39 is 5.78 Å². The molecule has 0 unspecified atom stereocenters. The van der Waals surface area contributed by atoms with Gasteiger partial charge in [0.2, 0.25) is 5.78 Å². The van der Waals surface area contributed by atoms with Crippen molar-refractivity contribution in [1.29, 1.82) is 0 Å². The van der Waals surface area contributed by atoms with Gasteiger partial charge in [0.1, 0.15) is 0 Å². The lowest BCUT2D eigenvalue weighted by Gasteiger charge is -2.03. The van der Waals surface area contributed by atoms with Crippen molar-refractivity contribution < 1.29 is 19.2 Å². The monoisotopic (exact) mass is 558 g/mol. The quantitative estimate of drug-likeness (QED) is 0.0356. The highest BCUT2D eigenvalue weighted by atomic mass is 16.2. The van der Waals surface area contributed by atoms with Crippen molar-refractivity contribution in [2.45, 2.75) is 180 Å². The third-order valence-electron chi connectivity index (χ3n) is 7.67. The Morgan fingerprint density at radius 1 is 0.425 bits per heavy atom.